The maximum atomic E-state index is 12.4. The number of aromatic nitrogens is 3. The second-order valence-electron chi connectivity index (χ2n) is 9.51. The summed E-state index contributed by atoms with van der Waals surface area (Å²) < 4.78 is 2.07. The number of anilines is 1. The number of benzene rings is 1. The van der Waals surface area contributed by atoms with E-state index < -0.39 is 0 Å². The van der Waals surface area contributed by atoms with E-state index in [0.29, 0.717) is 21.1 Å². The van der Waals surface area contributed by atoms with Gasteiger partial charge in [-0.1, -0.05) is 35.0 Å². The Kier molecular flexibility index (Phi) is 5.53. The highest BCUT2D eigenvalue weighted by atomic mass is 35.5. The number of carbonyl (C=O) groups excluding carboxylic acids is 1. The highest BCUT2D eigenvalue weighted by molar-refractivity contribution is 7.99. The zero-order valence-corrected chi connectivity index (χ0v) is 19.4. The van der Waals surface area contributed by atoms with Crippen molar-refractivity contribution < 1.29 is 4.79 Å². The van der Waals surface area contributed by atoms with Gasteiger partial charge in [0, 0.05) is 18.5 Å². The summed E-state index contributed by atoms with van der Waals surface area (Å²) in [6.07, 6.45) is 9.44. The van der Waals surface area contributed by atoms with E-state index in [1.54, 1.807) is 18.2 Å². The molecule has 0 spiro atoms. The van der Waals surface area contributed by atoms with Gasteiger partial charge in [0.05, 0.1) is 16.5 Å². The largest absolute Gasteiger partial charge is 0.324 e. The topological polar surface area (TPSA) is 59.8 Å². The van der Waals surface area contributed by atoms with E-state index in [1.807, 2.05) is 7.05 Å². The number of nitrogens with one attached hydrogen (secondary N) is 1. The summed E-state index contributed by atoms with van der Waals surface area (Å²) in [6.45, 7) is 0. The van der Waals surface area contributed by atoms with Crippen LogP contribution in [0.25, 0.3) is 0 Å². The summed E-state index contributed by atoms with van der Waals surface area (Å²) in [4.78, 5) is 12.4. The van der Waals surface area contributed by atoms with Gasteiger partial charge >= 0.3 is 0 Å². The normalized spacial score (nSPS) is 29.4. The molecular formula is C22H26Cl2N4OS. The van der Waals surface area contributed by atoms with Crippen LogP contribution in [0.2, 0.25) is 10.0 Å². The summed E-state index contributed by atoms with van der Waals surface area (Å²) in [6, 6.07) is 5.02. The van der Waals surface area contributed by atoms with Crippen molar-refractivity contribution in [2.45, 2.75) is 50.1 Å². The Morgan fingerprint density at radius 2 is 1.83 bits per heavy atom. The standard InChI is InChI=1S/C22H26Cl2N4OS/c1-28-19(11-22-8-13-4-14(9-22)6-15(5-13)10-22)26-27-21(28)30-12-20(29)25-18-7-16(23)2-3-17(18)24/h2-3,7,13-15H,4-6,8-12H2,1H3,(H,25,29). The number of amides is 1. The molecule has 0 saturated heterocycles. The van der Waals surface area contributed by atoms with Gasteiger partial charge in [0.25, 0.3) is 0 Å². The molecule has 6 rings (SSSR count). The van der Waals surface area contributed by atoms with Gasteiger partial charge in [0.15, 0.2) is 5.16 Å². The minimum Gasteiger partial charge on any atom is -0.324 e. The number of nitrogens with zero attached hydrogens (tertiary/aromatic N) is 3. The van der Waals surface area contributed by atoms with Crippen LogP contribution in [0.4, 0.5) is 5.69 Å². The van der Waals surface area contributed by atoms with Crippen LogP contribution in [-0.2, 0) is 18.3 Å². The first-order chi connectivity index (χ1) is 14.4. The Labute approximate surface area is 191 Å². The zero-order chi connectivity index (χ0) is 20.9. The molecular weight excluding hydrogens is 439 g/mol. The van der Waals surface area contributed by atoms with E-state index in [9.17, 15) is 4.79 Å². The Hall–Kier alpha value is -1.24. The predicted molar refractivity (Wildman–Crippen MR) is 121 cm³/mol. The maximum Gasteiger partial charge on any atom is 0.234 e. The zero-order valence-electron chi connectivity index (χ0n) is 17.0. The number of rotatable bonds is 6. The molecule has 160 valence electrons. The van der Waals surface area contributed by atoms with Crippen molar-refractivity contribution >= 4 is 46.6 Å². The van der Waals surface area contributed by atoms with Crippen molar-refractivity contribution in [2.75, 3.05) is 11.1 Å². The second-order valence-corrected chi connectivity index (χ2v) is 11.3. The molecule has 0 radical (unpaired) electrons. The monoisotopic (exact) mass is 464 g/mol. The van der Waals surface area contributed by atoms with E-state index >= 15 is 0 Å². The molecule has 1 aromatic heterocycles. The summed E-state index contributed by atoms with van der Waals surface area (Å²) in [5.41, 5.74) is 0.952. The summed E-state index contributed by atoms with van der Waals surface area (Å²) in [7, 11) is 2.02. The average Bonchev–Trinajstić information content (AvgIpc) is 3.01. The number of hydrogen-bond donors (Lipinski definition) is 1. The molecule has 30 heavy (non-hydrogen) atoms. The lowest BCUT2D eigenvalue weighted by molar-refractivity contribution is -0.113. The highest BCUT2D eigenvalue weighted by Gasteiger charge is 2.51. The molecule has 4 saturated carbocycles. The molecule has 1 heterocycles. The van der Waals surface area contributed by atoms with E-state index in [4.69, 9.17) is 23.2 Å². The van der Waals surface area contributed by atoms with Gasteiger partial charge in [-0.2, -0.15) is 0 Å². The van der Waals surface area contributed by atoms with Crippen LogP contribution in [0.15, 0.2) is 23.4 Å². The van der Waals surface area contributed by atoms with Gasteiger partial charge < -0.3 is 9.88 Å². The van der Waals surface area contributed by atoms with Crippen molar-refractivity contribution in [3.8, 4) is 0 Å². The minimum atomic E-state index is -0.144. The molecule has 1 amide bonds. The molecule has 0 unspecified atom stereocenters. The number of thioether (sulfide) groups is 1. The predicted octanol–water partition coefficient (Wildman–Crippen LogP) is 5.61. The van der Waals surface area contributed by atoms with Crippen molar-refractivity contribution in [3.05, 3.63) is 34.1 Å². The molecule has 1 aromatic carbocycles. The molecule has 2 aromatic rings. The van der Waals surface area contributed by atoms with Gasteiger partial charge in [-0.15, -0.1) is 10.2 Å². The van der Waals surface area contributed by atoms with Crippen molar-refractivity contribution in [2.24, 2.45) is 30.2 Å². The van der Waals surface area contributed by atoms with Crippen LogP contribution in [0, 0.1) is 23.2 Å². The Bertz CT molecular complexity index is 941. The number of hydrogen-bond acceptors (Lipinski definition) is 4. The third-order valence-electron chi connectivity index (χ3n) is 7.16. The van der Waals surface area contributed by atoms with E-state index in [-0.39, 0.29) is 11.7 Å². The first kappa shape index (κ1) is 20.7. The molecule has 4 fully saturated rings. The smallest absolute Gasteiger partial charge is 0.234 e. The molecule has 4 aliphatic carbocycles. The third kappa shape index (κ3) is 4.11. The molecule has 4 aliphatic rings. The van der Waals surface area contributed by atoms with Crippen LogP contribution in [0.1, 0.15) is 44.3 Å². The first-order valence-corrected chi connectivity index (χ1v) is 12.4. The van der Waals surface area contributed by atoms with Crippen molar-refractivity contribution in [3.63, 3.8) is 0 Å². The van der Waals surface area contributed by atoms with Crippen LogP contribution in [0.5, 0.6) is 0 Å². The molecule has 0 atom stereocenters. The molecule has 1 N–H and O–H groups in total. The lowest BCUT2D eigenvalue weighted by Gasteiger charge is -2.56. The van der Waals surface area contributed by atoms with Crippen LogP contribution >= 0.6 is 35.0 Å². The Balaban J connectivity index is 1.21. The van der Waals surface area contributed by atoms with Crippen molar-refractivity contribution in [1.82, 2.24) is 14.8 Å². The lowest BCUT2D eigenvalue weighted by atomic mass is 9.49. The molecule has 5 nitrogen and oxygen atoms in total. The van der Waals surface area contributed by atoms with Crippen LogP contribution in [0.3, 0.4) is 0 Å². The quantitative estimate of drug-likeness (QED) is 0.564. The van der Waals surface area contributed by atoms with Crippen molar-refractivity contribution in [1.29, 1.82) is 0 Å². The number of halogens is 2. The Morgan fingerprint density at radius 1 is 1.17 bits per heavy atom. The third-order valence-corrected chi connectivity index (χ3v) is 8.74. The molecule has 8 heteroatoms. The van der Waals surface area contributed by atoms with E-state index in [2.05, 4.69) is 20.1 Å². The summed E-state index contributed by atoms with van der Waals surface area (Å²) in [5, 5.41) is 13.5. The van der Waals surface area contributed by atoms with Gasteiger partial charge in [-0.25, -0.2) is 0 Å². The average molecular weight is 465 g/mol. The Morgan fingerprint density at radius 3 is 2.50 bits per heavy atom. The van der Waals surface area contributed by atoms with E-state index in [1.165, 1.54) is 50.3 Å². The second kappa shape index (κ2) is 8.03. The van der Waals surface area contributed by atoms with Gasteiger partial charge in [-0.05, 0) is 79.9 Å². The fourth-order valence-corrected chi connectivity index (χ4v) is 7.44. The lowest BCUT2D eigenvalue weighted by Crippen LogP contribution is -2.47. The SMILES string of the molecule is Cn1c(CC23CC4CC(CC(C4)C2)C3)nnc1SCC(=O)Nc1cc(Cl)ccc1Cl. The highest BCUT2D eigenvalue weighted by Crippen LogP contribution is 2.60. The van der Waals surface area contributed by atoms with Crippen LogP contribution < -0.4 is 5.32 Å². The van der Waals surface area contributed by atoms with Gasteiger partial charge in [-0.3, -0.25) is 4.79 Å². The minimum absolute atomic E-state index is 0.144. The maximum absolute atomic E-state index is 12.4. The van der Waals surface area contributed by atoms with Gasteiger partial charge in [0.2, 0.25) is 5.91 Å². The fourth-order valence-electron chi connectivity index (χ4n) is 6.38. The number of carbonyl (C=O) groups is 1. The molecule has 4 bridgehead atoms. The summed E-state index contributed by atoms with van der Waals surface area (Å²) >= 11 is 13.5. The van der Waals surface area contributed by atoms with Gasteiger partial charge in [0.1, 0.15) is 5.82 Å². The first-order valence-electron chi connectivity index (χ1n) is 10.7. The fraction of sp³-hybridized carbons (Fsp3) is 0.591. The van der Waals surface area contributed by atoms with E-state index in [0.717, 1.165) is 35.2 Å². The summed E-state index contributed by atoms with van der Waals surface area (Å²) in [5.74, 6) is 3.94. The molecule has 0 aliphatic heterocycles. The van der Waals surface area contributed by atoms with Crippen LogP contribution in [-0.4, -0.2) is 26.4 Å².